The molecule has 11 nitrogen and oxygen atoms in total. The third kappa shape index (κ3) is 11.8. The van der Waals surface area contributed by atoms with Gasteiger partial charge >= 0.3 is 5.97 Å². The Morgan fingerprint density at radius 3 is 2.21 bits per heavy atom. The quantitative estimate of drug-likeness (QED) is 0.0903. The van der Waals surface area contributed by atoms with Gasteiger partial charge in [-0.3, -0.25) is 14.5 Å². The average Bonchev–Trinajstić information content (AvgIpc) is 3.73. The second-order valence-electron chi connectivity index (χ2n) is 17.3. The van der Waals surface area contributed by atoms with Gasteiger partial charge in [0.05, 0.1) is 23.7 Å². The van der Waals surface area contributed by atoms with Crippen LogP contribution in [-0.4, -0.2) is 67.2 Å². The van der Waals surface area contributed by atoms with Gasteiger partial charge in [0.2, 0.25) is 15.9 Å². The van der Waals surface area contributed by atoms with Crippen molar-refractivity contribution in [1.82, 2.24) is 14.9 Å². The lowest BCUT2D eigenvalue weighted by Crippen LogP contribution is -2.47. The lowest BCUT2D eigenvalue weighted by molar-refractivity contribution is -0.253. The first-order valence-electron chi connectivity index (χ1n) is 21.3. The van der Waals surface area contributed by atoms with Crippen LogP contribution in [0.3, 0.4) is 0 Å². The number of aryl methyl sites for hydroxylation is 1. The maximum absolute atomic E-state index is 13.7. The van der Waals surface area contributed by atoms with Gasteiger partial charge < -0.3 is 24.6 Å². The molecule has 0 radical (unpaired) electrons. The zero-order chi connectivity index (χ0) is 43.9. The van der Waals surface area contributed by atoms with Gasteiger partial charge in [0.25, 0.3) is 0 Å². The summed E-state index contributed by atoms with van der Waals surface area (Å²) in [7, 11) is -3.97. The van der Waals surface area contributed by atoms with Crippen molar-refractivity contribution in [2.75, 3.05) is 13.1 Å². The molecule has 326 valence electrons. The Labute approximate surface area is 365 Å². The van der Waals surface area contributed by atoms with Crippen LogP contribution in [0.25, 0.3) is 11.1 Å². The van der Waals surface area contributed by atoms with Crippen LogP contribution in [0.4, 0.5) is 0 Å². The molecule has 1 amide bonds. The summed E-state index contributed by atoms with van der Waals surface area (Å²) in [5.41, 5.74) is 6.60. The zero-order valence-electron chi connectivity index (χ0n) is 35.8. The van der Waals surface area contributed by atoms with Crippen molar-refractivity contribution in [3.05, 3.63) is 161 Å². The summed E-state index contributed by atoms with van der Waals surface area (Å²) in [4.78, 5) is 29.1. The summed E-state index contributed by atoms with van der Waals surface area (Å²) in [6.07, 6.45) is 1.26. The van der Waals surface area contributed by atoms with Gasteiger partial charge in [-0.2, -0.15) is 4.72 Å². The van der Waals surface area contributed by atoms with E-state index in [0.717, 1.165) is 63.9 Å². The first-order chi connectivity index (χ1) is 29.7. The topological polar surface area (TPSA) is 144 Å². The van der Waals surface area contributed by atoms with E-state index in [1.54, 1.807) is 12.1 Å². The second-order valence-corrected chi connectivity index (χ2v) is 19.0. The first kappa shape index (κ1) is 44.8. The molecule has 0 bridgehead atoms. The smallest absolute Gasteiger partial charge is 0.323 e. The van der Waals surface area contributed by atoms with Crippen LogP contribution in [0, 0.1) is 6.92 Å². The molecule has 0 spiro atoms. The summed E-state index contributed by atoms with van der Waals surface area (Å²) in [6.45, 7) is 9.04. The van der Waals surface area contributed by atoms with Crippen molar-refractivity contribution in [2.45, 2.75) is 108 Å². The van der Waals surface area contributed by atoms with Gasteiger partial charge in [0.1, 0.15) is 17.7 Å². The van der Waals surface area contributed by atoms with Crippen LogP contribution in [0.15, 0.2) is 132 Å². The normalized spacial score (nSPS) is 20.1. The van der Waals surface area contributed by atoms with Crippen molar-refractivity contribution in [3.8, 4) is 11.1 Å². The number of hydrogen-bond donors (Lipinski definition) is 3. The van der Waals surface area contributed by atoms with Crippen LogP contribution < -0.4 is 10.0 Å². The molecular formula is C50H57N3O8S. The van der Waals surface area contributed by atoms with Crippen LogP contribution in [0.2, 0.25) is 0 Å². The number of ether oxygens (including phenoxy) is 3. The summed E-state index contributed by atoms with van der Waals surface area (Å²) < 4.78 is 48.5. The molecule has 62 heavy (non-hydrogen) atoms. The van der Waals surface area contributed by atoms with E-state index in [-0.39, 0.29) is 48.7 Å². The number of likely N-dealkylation sites (tertiary alicyclic amines) is 1. The average molecular weight is 860 g/mol. The minimum atomic E-state index is -3.97. The van der Waals surface area contributed by atoms with Crippen molar-refractivity contribution in [1.29, 1.82) is 0 Å². The van der Waals surface area contributed by atoms with Gasteiger partial charge in [-0.25, -0.2) is 8.42 Å². The molecule has 5 aromatic carbocycles. The highest BCUT2D eigenvalue weighted by atomic mass is 32.2. The van der Waals surface area contributed by atoms with Crippen LogP contribution in [-0.2, 0) is 53.4 Å². The second kappa shape index (κ2) is 19.9. The molecule has 2 heterocycles. The Balaban J connectivity index is 1.04. The van der Waals surface area contributed by atoms with E-state index in [9.17, 15) is 23.1 Å². The monoisotopic (exact) mass is 859 g/mol. The molecule has 7 rings (SSSR count). The number of carbonyl (C=O) groups is 2. The number of esters is 1. The summed E-state index contributed by atoms with van der Waals surface area (Å²) >= 11 is 0. The molecule has 0 aliphatic carbocycles. The molecule has 2 fully saturated rings. The summed E-state index contributed by atoms with van der Waals surface area (Å²) in [6, 6.07) is 38.2. The lowest BCUT2D eigenvalue weighted by Gasteiger charge is -2.38. The SMILES string of the molecule is Cc1ccc(S(=O)(=O)N[C@H](Cc2ccccc2)C(=O)NCc2cccc(-c3ccc([C@H]4O[C@@H](CN5CCC[C@H]5C(=O)OC(C)(C)C)C[C@@H](c5ccc(CO)cc5)O4)cc3)c2)cc1. The van der Waals surface area contributed by atoms with E-state index in [1.807, 2.05) is 131 Å². The van der Waals surface area contributed by atoms with Crippen LogP contribution >= 0.6 is 0 Å². The number of hydrogen-bond acceptors (Lipinski definition) is 9. The van der Waals surface area contributed by atoms with Gasteiger partial charge in [0, 0.05) is 25.1 Å². The number of aliphatic hydroxyl groups excluding tert-OH is 1. The zero-order valence-corrected chi connectivity index (χ0v) is 36.6. The number of sulfonamides is 1. The van der Waals surface area contributed by atoms with Crippen molar-refractivity contribution in [2.24, 2.45) is 0 Å². The highest BCUT2D eigenvalue weighted by Crippen LogP contribution is 2.39. The molecule has 0 aromatic heterocycles. The Hall–Kier alpha value is -5.21. The fourth-order valence-electron chi connectivity index (χ4n) is 7.99. The molecule has 2 saturated heterocycles. The van der Waals surface area contributed by atoms with E-state index in [1.165, 1.54) is 12.1 Å². The van der Waals surface area contributed by atoms with Gasteiger partial charge in [0.15, 0.2) is 6.29 Å². The van der Waals surface area contributed by atoms with Crippen molar-refractivity contribution in [3.63, 3.8) is 0 Å². The number of rotatable bonds is 15. The standard InChI is InChI=1S/C50H57N3O8S/c1-34-15-25-43(26-16-34)62(57,58)52-44(29-35-10-6-5-7-11-35)47(55)51-31-37-12-8-13-41(28-37)38-21-23-40(24-22-38)49-59-42(30-46(60-49)39-19-17-36(33-54)18-20-39)32-53-27-9-14-45(53)48(56)61-50(2,3)4/h5-8,10-13,15-26,28,42,44-46,49,52,54H,9,14,27,29-33H2,1-4H3,(H,51,55)/t42-,44-,45+,46+,49+/m1/s1. The van der Waals surface area contributed by atoms with Crippen molar-refractivity contribution >= 4 is 21.9 Å². The number of benzene rings is 5. The molecule has 3 N–H and O–H groups in total. The molecule has 0 unspecified atom stereocenters. The minimum absolute atomic E-state index is 0.0425. The maximum Gasteiger partial charge on any atom is 0.323 e. The molecule has 12 heteroatoms. The van der Waals surface area contributed by atoms with Crippen molar-refractivity contribution < 1.29 is 37.3 Å². The van der Waals surface area contributed by atoms with E-state index < -0.39 is 33.9 Å². The Morgan fingerprint density at radius 2 is 1.52 bits per heavy atom. The van der Waals surface area contributed by atoms with Crippen LogP contribution in [0.5, 0.6) is 0 Å². The highest BCUT2D eigenvalue weighted by molar-refractivity contribution is 7.89. The molecule has 5 aromatic rings. The number of nitrogens with zero attached hydrogens (tertiary/aromatic N) is 1. The first-order valence-corrected chi connectivity index (χ1v) is 22.8. The minimum Gasteiger partial charge on any atom is -0.459 e. The highest BCUT2D eigenvalue weighted by Gasteiger charge is 2.39. The summed E-state index contributed by atoms with van der Waals surface area (Å²) in [5.74, 6) is -0.636. The van der Waals surface area contributed by atoms with Crippen LogP contribution in [0.1, 0.15) is 85.8 Å². The predicted molar refractivity (Wildman–Crippen MR) is 238 cm³/mol. The van der Waals surface area contributed by atoms with Gasteiger partial charge in [-0.05, 0) is 105 Å². The molecule has 2 aliphatic rings. The number of amides is 1. The lowest BCUT2D eigenvalue weighted by atomic mass is 9.98. The molecule has 0 saturated carbocycles. The maximum atomic E-state index is 13.7. The third-order valence-electron chi connectivity index (χ3n) is 11.2. The number of aliphatic hydroxyl groups is 1. The van der Waals surface area contributed by atoms with E-state index in [0.29, 0.717) is 13.0 Å². The van der Waals surface area contributed by atoms with E-state index >= 15 is 0 Å². The summed E-state index contributed by atoms with van der Waals surface area (Å²) in [5, 5.41) is 12.6. The number of nitrogens with one attached hydrogen (secondary N) is 2. The fraction of sp³-hybridized carbons (Fsp3) is 0.360. The third-order valence-corrected chi connectivity index (χ3v) is 12.7. The van der Waals surface area contributed by atoms with Gasteiger partial charge in [-0.1, -0.05) is 115 Å². The predicted octanol–water partition coefficient (Wildman–Crippen LogP) is 7.71. The molecule has 5 atom stereocenters. The fourth-order valence-corrected chi connectivity index (χ4v) is 9.19. The largest absolute Gasteiger partial charge is 0.459 e. The number of carbonyl (C=O) groups excluding carboxylic acids is 2. The Kier molecular flexibility index (Phi) is 14.4. The van der Waals surface area contributed by atoms with E-state index in [4.69, 9.17) is 14.2 Å². The Morgan fingerprint density at radius 1 is 0.823 bits per heavy atom. The molecular weight excluding hydrogens is 803 g/mol. The Bertz CT molecular complexity index is 2380. The van der Waals surface area contributed by atoms with E-state index in [2.05, 4.69) is 14.9 Å². The molecule has 2 aliphatic heterocycles. The van der Waals surface area contributed by atoms with Gasteiger partial charge in [-0.15, -0.1) is 0 Å².